The molecule has 1 aromatic carbocycles. The molecule has 0 amide bonds. The highest BCUT2D eigenvalue weighted by atomic mass is 32.2. The first-order chi connectivity index (χ1) is 9.73. The van der Waals surface area contributed by atoms with Gasteiger partial charge in [0, 0.05) is 19.6 Å². The van der Waals surface area contributed by atoms with Crippen molar-refractivity contribution in [3.8, 4) is 0 Å². The molecule has 1 N–H and O–H groups in total. The third-order valence-electron chi connectivity index (χ3n) is 3.48. The molecule has 21 heavy (non-hydrogen) atoms. The average molecular weight is 310 g/mol. The fraction of sp³-hybridized carbons (Fsp3) is 0.500. The van der Waals surface area contributed by atoms with Gasteiger partial charge in [-0.05, 0) is 50.6 Å². The van der Waals surface area contributed by atoms with E-state index in [1.807, 2.05) is 40.8 Å². The van der Waals surface area contributed by atoms with Crippen molar-refractivity contribution in [2.45, 2.75) is 39.1 Å². The normalized spacial score (nSPS) is 11.9. The van der Waals surface area contributed by atoms with Gasteiger partial charge in [-0.25, -0.2) is 8.42 Å². The topological polar surface area (TPSA) is 49.4 Å². The van der Waals surface area contributed by atoms with Gasteiger partial charge in [-0.2, -0.15) is 4.31 Å². The lowest BCUT2D eigenvalue weighted by Gasteiger charge is -2.23. The zero-order valence-electron chi connectivity index (χ0n) is 13.7. The van der Waals surface area contributed by atoms with Crippen molar-refractivity contribution < 1.29 is 8.42 Å². The Labute approximate surface area is 128 Å². The van der Waals surface area contributed by atoms with Gasteiger partial charge in [-0.3, -0.25) is 0 Å². The highest BCUT2D eigenvalue weighted by Crippen LogP contribution is 2.25. The fourth-order valence-corrected chi connectivity index (χ4v) is 4.14. The number of nitrogens with one attached hydrogen (secondary N) is 1. The van der Waals surface area contributed by atoms with Crippen LogP contribution in [0.25, 0.3) is 0 Å². The summed E-state index contributed by atoms with van der Waals surface area (Å²) in [5.74, 6) is 0. The molecule has 0 heterocycles. The zero-order valence-corrected chi connectivity index (χ0v) is 14.5. The van der Waals surface area contributed by atoms with E-state index < -0.39 is 10.0 Å². The van der Waals surface area contributed by atoms with Crippen molar-refractivity contribution in [1.29, 1.82) is 0 Å². The van der Waals surface area contributed by atoms with Crippen LogP contribution in [-0.2, 0) is 16.6 Å². The maximum absolute atomic E-state index is 12.9. The molecule has 0 aliphatic rings. The Morgan fingerprint density at radius 3 is 2.43 bits per heavy atom. The van der Waals surface area contributed by atoms with E-state index in [0.29, 0.717) is 24.5 Å². The summed E-state index contributed by atoms with van der Waals surface area (Å²) in [6, 6.07) is 3.80. The summed E-state index contributed by atoms with van der Waals surface area (Å²) in [5, 5.41) is 3.06. The molecule has 1 rings (SSSR count). The van der Waals surface area contributed by atoms with Crippen LogP contribution in [0.5, 0.6) is 0 Å². The van der Waals surface area contributed by atoms with E-state index in [4.69, 9.17) is 0 Å². The molecule has 0 bridgehead atoms. The summed E-state index contributed by atoms with van der Waals surface area (Å²) in [6.45, 7) is 12.8. The number of sulfonamides is 1. The lowest BCUT2D eigenvalue weighted by atomic mass is 10.1. The molecule has 0 unspecified atom stereocenters. The molecule has 0 spiro atoms. The van der Waals surface area contributed by atoms with E-state index in [0.717, 1.165) is 22.3 Å². The summed E-state index contributed by atoms with van der Waals surface area (Å²) >= 11 is 0. The number of hydrogen-bond acceptors (Lipinski definition) is 3. The van der Waals surface area contributed by atoms with Gasteiger partial charge < -0.3 is 5.32 Å². The molecule has 5 heteroatoms. The number of hydrogen-bond donors (Lipinski definition) is 1. The van der Waals surface area contributed by atoms with Crippen molar-refractivity contribution in [2.75, 3.05) is 20.1 Å². The first-order valence-corrected chi connectivity index (χ1v) is 8.57. The summed E-state index contributed by atoms with van der Waals surface area (Å²) in [4.78, 5) is 0.399. The Hall–Kier alpha value is -1.17. The smallest absolute Gasteiger partial charge is 0.243 e. The van der Waals surface area contributed by atoms with Gasteiger partial charge in [0.15, 0.2) is 0 Å². The molecular weight excluding hydrogens is 284 g/mol. The number of nitrogens with zero attached hydrogens (tertiary/aromatic N) is 1. The van der Waals surface area contributed by atoms with Gasteiger partial charge in [0.2, 0.25) is 10.0 Å². The van der Waals surface area contributed by atoms with Crippen LogP contribution in [0.1, 0.15) is 30.5 Å². The van der Waals surface area contributed by atoms with Crippen LogP contribution in [0.4, 0.5) is 0 Å². The third kappa shape index (κ3) is 4.15. The van der Waals surface area contributed by atoms with Gasteiger partial charge in [0.05, 0.1) is 4.90 Å². The van der Waals surface area contributed by atoms with E-state index in [2.05, 4.69) is 11.9 Å². The van der Waals surface area contributed by atoms with E-state index in [1.54, 1.807) is 6.07 Å². The predicted molar refractivity (Wildman–Crippen MR) is 87.9 cm³/mol. The van der Waals surface area contributed by atoms with E-state index in [1.165, 1.54) is 4.31 Å². The average Bonchev–Trinajstić information content (AvgIpc) is 2.39. The summed E-state index contributed by atoms with van der Waals surface area (Å²) in [7, 11) is -1.65. The Morgan fingerprint density at radius 1 is 1.33 bits per heavy atom. The second-order valence-corrected chi connectivity index (χ2v) is 7.36. The largest absolute Gasteiger partial charge is 0.316 e. The Morgan fingerprint density at radius 2 is 1.95 bits per heavy atom. The maximum atomic E-state index is 12.9. The third-order valence-corrected chi connectivity index (χ3v) is 5.52. The Balaban J connectivity index is 3.38. The lowest BCUT2D eigenvalue weighted by Crippen LogP contribution is -2.33. The van der Waals surface area contributed by atoms with Crippen LogP contribution in [0, 0.1) is 13.8 Å². The van der Waals surface area contributed by atoms with Crippen molar-refractivity contribution in [1.82, 2.24) is 9.62 Å². The molecule has 0 radical (unpaired) electrons. The van der Waals surface area contributed by atoms with Crippen LogP contribution in [-0.4, -0.2) is 32.9 Å². The van der Waals surface area contributed by atoms with Gasteiger partial charge >= 0.3 is 0 Å². The summed E-state index contributed by atoms with van der Waals surface area (Å²) < 4.78 is 27.3. The lowest BCUT2D eigenvalue weighted by molar-refractivity contribution is 0.452. The first kappa shape index (κ1) is 17.9. The van der Waals surface area contributed by atoms with E-state index in [9.17, 15) is 8.42 Å². The minimum Gasteiger partial charge on any atom is -0.316 e. The second-order valence-electron chi connectivity index (χ2n) is 5.45. The SMILES string of the molecule is C=C(C)CN(CC)S(=O)(=O)c1cc(CNC)cc(C)c1C. The highest BCUT2D eigenvalue weighted by molar-refractivity contribution is 7.89. The standard InChI is InChI=1S/C16H26N2O2S/c1-7-18(11-12(2)3)21(19,20)16-9-15(10-17-6)8-13(4)14(16)5/h8-9,17H,2,7,10-11H2,1,3-6H3. The minimum atomic E-state index is -3.50. The number of aryl methyl sites for hydroxylation is 1. The van der Waals surface area contributed by atoms with E-state index >= 15 is 0 Å². The summed E-state index contributed by atoms with van der Waals surface area (Å²) in [6.07, 6.45) is 0. The Bertz CT molecular complexity index is 621. The summed E-state index contributed by atoms with van der Waals surface area (Å²) in [5.41, 5.74) is 3.62. The monoisotopic (exact) mass is 310 g/mol. The Kier molecular flexibility index (Phi) is 6.13. The quantitative estimate of drug-likeness (QED) is 0.788. The van der Waals surface area contributed by atoms with Crippen LogP contribution >= 0.6 is 0 Å². The van der Waals surface area contributed by atoms with Gasteiger partial charge in [0.1, 0.15) is 0 Å². The molecule has 0 aromatic heterocycles. The first-order valence-electron chi connectivity index (χ1n) is 7.13. The molecule has 0 aliphatic heterocycles. The highest BCUT2D eigenvalue weighted by Gasteiger charge is 2.25. The second kappa shape index (κ2) is 7.20. The van der Waals surface area contributed by atoms with Crippen LogP contribution in [0.15, 0.2) is 29.2 Å². The molecule has 4 nitrogen and oxygen atoms in total. The van der Waals surface area contributed by atoms with Crippen molar-refractivity contribution in [3.63, 3.8) is 0 Å². The number of rotatable bonds is 7. The molecule has 0 atom stereocenters. The van der Waals surface area contributed by atoms with Crippen LogP contribution in [0.3, 0.4) is 0 Å². The van der Waals surface area contributed by atoms with Crippen molar-refractivity contribution in [2.24, 2.45) is 0 Å². The molecule has 118 valence electrons. The molecule has 0 fully saturated rings. The molecule has 0 aliphatic carbocycles. The zero-order chi connectivity index (χ0) is 16.2. The minimum absolute atomic E-state index is 0.355. The molecule has 1 aromatic rings. The maximum Gasteiger partial charge on any atom is 0.243 e. The van der Waals surface area contributed by atoms with E-state index in [-0.39, 0.29) is 0 Å². The van der Waals surface area contributed by atoms with Crippen molar-refractivity contribution >= 4 is 10.0 Å². The fourth-order valence-electron chi connectivity index (χ4n) is 2.28. The molecule has 0 saturated heterocycles. The molecule has 0 saturated carbocycles. The van der Waals surface area contributed by atoms with Crippen LogP contribution < -0.4 is 5.32 Å². The number of benzene rings is 1. The predicted octanol–water partition coefficient (Wildman–Crippen LogP) is 2.61. The van der Waals surface area contributed by atoms with Gasteiger partial charge in [-0.15, -0.1) is 0 Å². The van der Waals surface area contributed by atoms with Gasteiger partial charge in [-0.1, -0.05) is 25.1 Å². The van der Waals surface area contributed by atoms with Gasteiger partial charge in [0.25, 0.3) is 0 Å². The van der Waals surface area contributed by atoms with Crippen molar-refractivity contribution in [3.05, 3.63) is 41.0 Å². The molecular formula is C16H26N2O2S. The van der Waals surface area contributed by atoms with Crippen LogP contribution in [0.2, 0.25) is 0 Å². The number of likely N-dealkylation sites (N-methyl/N-ethyl adjacent to an activating group) is 1.